The smallest absolute Gasteiger partial charge is 0.174 e. The quantitative estimate of drug-likeness (QED) is 0.435. The summed E-state index contributed by atoms with van der Waals surface area (Å²) in [6, 6.07) is 33.5. The minimum atomic E-state index is -1.86. The van der Waals surface area contributed by atoms with Crippen LogP contribution in [0.3, 0.4) is 0 Å². The van der Waals surface area contributed by atoms with Crippen molar-refractivity contribution in [1.82, 2.24) is 0 Å². The van der Waals surface area contributed by atoms with Gasteiger partial charge in [-0.2, -0.15) is 0 Å². The molecule has 0 N–H and O–H groups in total. The van der Waals surface area contributed by atoms with Gasteiger partial charge in [-0.15, -0.1) is 0 Å². The second-order valence-electron chi connectivity index (χ2n) is 9.13. The highest BCUT2D eigenvalue weighted by Gasteiger charge is 2.51. The van der Waals surface area contributed by atoms with Crippen molar-refractivity contribution >= 4 is 23.2 Å². The van der Waals surface area contributed by atoms with Gasteiger partial charge in [0.25, 0.3) is 0 Å². The topological polar surface area (TPSA) is 18.5 Å². The number of benzene rings is 3. The highest BCUT2D eigenvalue weighted by atomic mass is 31.2. The predicted molar refractivity (Wildman–Crippen MR) is 136 cm³/mol. The Morgan fingerprint density at radius 2 is 1.06 bits per heavy atom. The Morgan fingerprint density at radius 3 is 1.50 bits per heavy atom. The van der Waals surface area contributed by atoms with Crippen molar-refractivity contribution in [1.29, 1.82) is 0 Å². The highest BCUT2D eigenvalue weighted by Crippen LogP contribution is 2.57. The third kappa shape index (κ3) is 4.17. The van der Waals surface area contributed by atoms with E-state index >= 15 is 0 Å². The van der Waals surface area contributed by atoms with Crippen LogP contribution in [0, 0.1) is 5.92 Å². The van der Waals surface area contributed by atoms with E-state index in [0.717, 1.165) is 25.8 Å². The molecule has 0 amide bonds. The third-order valence-corrected chi connectivity index (χ3v) is 11.8. The number of rotatable bonds is 7. The van der Waals surface area contributed by atoms with E-state index in [1.54, 1.807) is 0 Å². The summed E-state index contributed by atoms with van der Waals surface area (Å²) in [4.78, 5) is 0. The average Bonchev–Trinajstić information content (AvgIpc) is 3.37. The molecule has 2 aliphatic rings. The standard InChI is InChI=1S/C29H34O2P/c1-5-13-25(14-6-1)29(30-22-23-31-29)21-24-32(26-15-7-2-8-16-26,27-17-9-3-10-18-27)28-19-11-4-12-20-28/h2-4,7-12,15-20,25H,1,5-6,13-14,21-24H2/q+1. The molecule has 32 heavy (non-hydrogen) atoms. The van der Waals surface area contributed by atoms with E-state index in [-0.39, 0.29) is 0 Å². The molecule has 0 radical (unpaired) electrons. The van der Waals surface area contributed by atoms with E-state index in [2.05, 4.69) is 91.0 Å². The van der Waals surface area contributed by atoms with Gasteiger partial charge < -0.3 is 9.47 Å². The van der Waals surface area contributed by atoms with Crippen LogP contribution in [0.5, 0.6) is 0 Å². The van der Waals surface area contributed by atoms with Gasteiger partial charge >= 0.3 is 0 Å². The lowest BCUT2D eigenvalue weighted by Gasteiger charge is -2.39. The van der Waals surface area contributed by atoms with Gasteiger partial charge in [-0.05, 0) is 49.2 Å². The number of ether oxygens (including phenoxy) is 2. The van der Waals surface area contributed by atoms with Gasteiger partial charge in [0.1, 0.15) is 23.2 Å². The predicted octanol–water partition coefficient (Wildman–Crippen LogP) is 5.69. The Balaban J connectivity index is 1.60. The summed E-state index contributed by atoms with van der Waals surface area (Å²) in [5.41, 5.74) is 0. The second-order valence-corrected chi connectivity index (χ2v) is 12.7. The van der Waals surface area contributed by atoms with Crippen LogP contribution in [-0.4, -0.2) is 25.2 Å². The normalized spacial score (nSPS) is 19.1. The highest BCUT2D eigenvalue weighted by molar-refractivity contribution is 7.95. The molecule has 1 aliphatic heterocycles. The summed E-state index contributed by atoms with van der Waals surface area (Å²) in [5, 5.41) is 4.32. The molecular formula is C29H34O2P+. The van der Waals surface area contributed by atoms with E-state index < -0.39 is 13.0 Å². The van der Waals surface area contributed by atoms with Crippen molar-refractivity contribution in [2.45, 2.75) is 44.3 Å². The summed E-state index contributed by atoms with van der Waals surface area (Å²) in [6.07, 6.45) is 8.42. The van der Waals surface area contributed by atoms with Gasteiger partial charge in [0, 0.05) is 12.3 Å². The lowest BCUT2D eigenvalue weighted by Crippen LogP contribution is -2.43. The van der Waals surface area contributed by atoms with Crippen LogP contribution in [0.25, 0.3) is 0 Å². The lowest BCUT2D eigenvalue weighted by atomic mass is 9.82. The Labute approximate surface area is 193 Å². The fourth-order valence-corrected chi connectivity index (χ4v) is 10.2. The minimum Gasteiger partial charge on any atom is -0.347 e. The Kier molecular flexibility index (Phi) is 6.74. The zero-order valence-electron chi connectivity index (χ0n) is 18.9. The van der Waals surface area contributed by atoms with Gasteiger partial charge in [-0.1, -0.05) is 73.9 Å². The Hall–Kier alpha value is -1.99. The van der Waals surface area contributed by atoms with E-state index in [4.69, 9.17) is 9.47 Å². The maximum absolute atomic E-state index is 6.48. The fourth-order valence-electron chi connectivity index (χ4n) is 5.80. The first-order valence-electron chi connectivity index (χ1n) is 12.2. The molecule has 166 valence electrons. The maximum Gasteiger partial charge on any atom is 0.174 e. The monoisotopic (exact) mass is 445 g/mol. The average molecular weight is 446 g/mol. The summed E-state index contributed by atoms with van der Waals surface area (Å²) in [6.45, 7) is 1.45. The number of hydrogen-bond acceptors (Lipinski definition) is 2. The molecule has 1 aliphatic carbocycles. The molecule has 0 bridgehead atoms. The van der Waals surface area contributed by atoms with Crippen molar-refractivity contribution < 1.29 is 9.47 Å². The summed E-state index contributed by atoms with van der Waals surface area (Å²) < 4.78 is 13.0. The Morgan fingerprint density at radius 1 is 0.625 bits per heavy atom. The molecule has 0 aromatic heterocycles. The van der Waals surface area contributed by atoms with E-state index in [1.807, 2.05) is 0 Å². The van der Waals surface area contributed by atoms with Gasteiger partial charge in [-0.25, -0.2) is 0 Å². The van der Waals surface area contributed by atoms with Crippen molar-refractivity contribution in [3.05, 3.63) is 91.0 Å². The van der Waals surface area contributed by atoms with Gasteiger partial charge in [-0.3, -0.25) is 0 Å². The van der Waals surface area contributed by atoms with Crippen LogP contribution in [0.15, 0.2) is 91.0 Å². The summed E-state index contributed by atoms with van der Waals surface area (Å²) in [7, 11) is -1.86. The largest absolute Gasteiger partial charge is 0.347 e. The Bertz CT molecular complexity index is 865. The molecule has 3 aromatic rings. The van der Waals surface area contributed by atoms with Crippen molar-refractivity contribution in [2.75, 3.05) is 19.4 Å². The molecule has 0 spiro atoms. The van der Waals surface area contributed by atoms with Crippen LogP contribution >= 0.6 is 7.26 Å². The second kappa shape index (κ2) is 9.87. The van der Waals surface area contributed by atoms with Crippen LogP contribution < -0.4 is 15.9 Å². The van der Waals surface area contributed by atoms with Crippen LogP contribution in [0.2, 0.25) is 0 Å². The third-order valence-electron chi connectivity index (χ3n) is 7.39. The molecular weight excluding hydrogens is 411 g/mol. The molecule has 1 saturated heterocycles. The minimum absolute atomic E-state index is 0.413. The molecule has 0 atom stereocenters. The summed E-state index contributed by atoms with van der Waals surface area (Å²) in [5.74, 6) is 0.104. The molecule has 3 heteroatoms. The first-order chi connectivity index (χ1) is 15.8. The molecule has 1 saturated carbocycles. The molecule has 1 heterocycles. The summed E-state index contributed by atoms with van der Waals surface area (Å²) >= 11 is 0. The van der Waals surface area contributed by atoms with Gasteiger partial charge in [0.2, 0.25) is 0 Å². The molecule has 2 fully saturated rings. The van der Waals surface area contributed by atoms with Crippen LogP contribution in [-0.2, 0) is 9.47 Å². The zero-order chi connectivity index (χ0) is 21.7. The molecule has 5 rings (SSSR count). The van der Waals surface area contributed by atoms with Gasteiger partial charge in [0.05, 0.1) is 19.4 Å². The van der Waals surface area contributed by atoms with E-state index in [9.17, 15) is 0 Å². The van der Waals surface area contributed by atoms with E-state index in [0.29, 0.717) is 5.92 Å². The first-order valence-corrected chi connectivity index (χ1v) is 14.1. The van der Waals surface area contributed by atoms with Gasteiger partial charge in [0.15, 0.2) is 5.79 Å². The zero-order valence-corrected chi connectivity index (χ0v) is 19.8. The lowest BCUT2D eigenvalue weighted by molar-refractivity contribution is -0.203. The molecule has 0 unspecified atom stereocenters. The SMILES string of the molecule is c1ccc([P+](CCC2(C3CCCCC3)OCCO2)(c2ccccc2)c2ccccc2)cc1. The fraction of sp³-hybridized carbons (Fsp3) is 0.379. The van der Waals surface area contributed by atoms with Crippen molar-refractivity contribution in [2.24, 2.45) is 5.92 Å². The van der Waals surface area contributed by atoms with E-state index in [1.165, 1.54) is 48.0 Å². The van der Waals surface area contributed by atoms with Crippen molar-refractivity contribution in [3.63, 3.8) is 0 Å². The maximum atomic E-state index is 6.48. The first kappa shape index (κ1) is 21.8. The van der Waals surface area contributed by atoms with Crippen LogP contribution in [0.4, 0.5) is 0 Å². The molecule has 2 nitrogen and oxygen atoms in total. The van der Waals surface area contributed by atoms with Crippen LogP contribution in [0.1, 0.15) is 38.5 Å². The van der Waals surface area contributed by atoms with Crippen molar-refractivity contribution in [3.8, 4) is 0 Å². The number of hydrogen-bond donors (Lipinski definition) is 0. The molecule has 3 aromatic carbocycles.